The highest BCUT2D eigenvalue weighted by Gasteiger charge is 2.27. The second kappa shape index (κ2) is 9.15. The maximum absolute atomic E-state index is 12.8. The van der Waals surface area contributed by atoms with Gasteiger partial charge in [-0.2, -0.15) is 0 Å². The normalized spacial score (nSPS) is 19.5. The van der Waals surface area contributed by atoms with Gasteiger partial charge in [-0.3, -0.25) is 0 Å². The van der Waals surface area contributed by atoms with Gasteiger partial charge in [0.25, 0.3) is 0 Å². The molecule has 6 heteroatoms. The average molecular weight is 433 g/mol. The summed E-state index contributed by atoms with van der Waals surface area (Å²) in [7, 11) is 1.70. The monoisotopic (exact) mass is 432 g/mol. The van der Waals surface area contributed by atoms with Gasteiger partial charge >= 0.3 is 6.03 Å². The Labute approximate surface area is 189 Å². The van der Waals surface area contributed by atoms with E-state index >= 15 is 0 Å². The lowest BCUT2D eigenvalue weighted by atomic mass is 9.89. The number of methoxy groups -OCH3 is 1. The molecule has 0 spiro atoms. The summed E-state index contributed by atoms with van der Waals surface area (Å²) < 4.78 is 5.35. The molecule has 2 amide bonds. The van der Waals surface area contributed by atoms with Crippen LogP contribution >= 0.6 is 0 Å². The molecule has 0 radical (unpaired) electrons. The van der Waals surface area contributed by atoms with Crippen molar-refractivity contribution in [1.82, 2.24) is 15.2 Å². The number of hydrogen-bond donors (Lipinski definition) is 2. The molecule has 6 nitrogen and oxygen atoms in total. The van der Waals surface area contributed by atoms with Crippen LogP contribution in [0, 0.1) is 5.92 Å². The summed E-state index contributed by atoms with van der Waals surface area (Å²) in [5.41, 5.74) is 3.78. The molecule has 0 aliphatic carbocycles. The summed E-state index contributed by atoms with van der Waals surface area (Å²) in [5.74, 6) is 1.88. The third-order valence-corrected chi connectivity index (χ3v) is 7.09. The Hall–Kier alpha value is -3.15. The molecule has 2 saturated heterocycles. The Morgan fingerprint density at radius 1 is 1.09 bits per heavy atom. The first kappa shape index (κ1) is 20.7. The standard InChI is InChI=1S/C26H32N4O2/c1-32-22-6-4-5-21(15-22)30-12-9-19(18-30)16-28-26(31)29-13-10-20(11-14-29)24-17-27-25-8-3-2-7-23(24)25/h2-8,15,17,19-20,27H,9-14,16,18H2,1H3,(H,28,31). The fraction of sp³-hybridized carbons (Fsp3) is 0.423. The molecule has 0 bridgehead atoms. The number of para-hydroxylation sites is 1. The lowest BCUT2D eigenvalue weighted by molar-refractivity contribution is 0.180. The maximum Gasteiger partial charge on any atom is 0.317 e. The molecule has 3 heterocycles. The van der Waals surface area contributed by atoms with Gasteiger partial charge in [0, 0.05) is 61.6 Å². The molecule has 1 aromatic heterocycles. The molecule has 0 saturated carbocycles. The fourth-order valence-electron chi connectivity index (χ4n) is 5.21. The predicted octanol–water partition coefficient (Wildman–Crippen LogP) is 4.59. The van der Waals surface area contributed by atoms with E-state index in [1.807, 2.05) is 17.0 Å². The van der Waals surface area contributed by atoms with Gasteiger partial charge in [0.1, 0.15) is 5.75 Å². The molecule has 2 aromatic carbocycles. The van der Waals surface area contributed by atoms with Crippen molar-refractivity contribution in [3.63, 3.8) is 0 Å². The van der Waals surface area contributed by atoms with Crippen LogP contribution in [0.1, 0.15) is 30.7 Å². The molecule has 2 aliphatic heterocycles. The number of H-pyrrole nitrogens is 1. The number of rotatable bonds is 5. The lowest BCUT2D eigenvalue weighted by Crippen LogP contribution is -2.45. The van der Waals surface area contributed by atoms with Gasteiger partial charge in [0.2, 0.25) is 0 Å². The first-order valence-corrected chi connectivity index (χ1v) is 11.7. The quantitative estimate of drug-likeness (QED) is 0.620. The minimum Gasteiger partial charge on any atom is -0.497 e. The number of carbonyl (C=O) groups excluding carboxylic acids is 1. The zero-order valence-electron chi connectivity index (χ0n) is 18.7. The van der Waals surface area contributed by atoms with Gasteiger partial charge in [-0.25, -0.2) is 4.79 Å². The molecular formula is C26H32N4O2. The Morgan fingerprint density at radius 2 is 1.94 bits per heavy atom. The minimum atomic E-state index is 0.0854. The molecule has 2 N–H and O–H groups in total. The van der Waals surface area contributed by atoms with E-state index in [0.717, 1.165) is 57.7 Å². The minimum absolute atomic E-state index is 0.0854. The number of likely N-dealkylation sites (tertiary alicyclic amines) is 1. The molecule has 3 aromatic rings. The first-order valence-electron chi connectivity index (χ1n) is 11.7. The van der Waals surface area contributed by atoms with E-state index in [1.165, 1.54) is 22.2 Å². The third kappa shape index (κ3) is 4.27. The van der Waals surface area contributed by atoms with Crippen LogP contribution in [-0.4, -0.2) is 55.7 Å². The molecular weight excluding hydrogens is 400 g/mol. The van der Waals surface area contributed by atoms with Crippen LogP contribution in [0.5, 0.6) is 5.75 Å². The summed E-state index contributed by atoms with van der Waals surface area (Å²) in [6, 6.07) is 16.8. The molecule has 1 unspecified atom stereocenters. The second-order valence-electron chi connectivity index (χ2n) is 9.04. The molecule has 32 heavy (non-hydrogen) atoms. The highest BCUT2D eigenvalue weighted by molar-refractivity contribution is 5.83. The predicted molar refractivity (Wildman–Crippen MR) is 129 cm³/mol. The largest absolute Gasteiger partial charge is 0.497 e. The average Bonchev–Trinajstić information content (AvgIpc) is 3.50. The van der Waals surface area contributed by atoms with Gasteiger partial charge in [0.05, 0.1) is 7.11 Å². The zero-order chi connectivity index (χ0) is 21.9. The van der Waals surface area contributed by atoms with Crippen LogP contribution in [0.4, 0.5) is 10.5 Å². The number of benzene rings is 2. The highest BCUT2D eigenvalue weighted by Crippen LogP contribution is 2.33. The van der Waals surface area contributed by atoms with E-state index in [-0.39, 0.29) is 6.03 Å². The summed E-state index contributed by atoms with van der Waals surface area (Å²) in [6.45, 7) is 4.36. The fourth-order valence-corrected chi connectivity index (χ4v) is 5.21. The Balaban J connectivity index is 1.09. The Kier molecular flexibility index (Phi) is 5.93. The molecule has 2 fully saturated rings. The molecule has 5 rings (SSSR count). The SMILES string of the molecule is COc1cccc(N2CCC(CNC(=O)N3CCC(c4c[nH]c5ccccc45)CC3)C2)c1. The highest BCUT2D eigenvalue weighted by atomic mass is 16.5. The molecule has 1 atom stereocenters. The second-order valence-corrected chi connectivity index (χ2v) is 9.04. The van der Waals surface area contributed by atoms with Gasteiger partial charge < -0.3 is 24.8 Å². The van der Waals surface area contributed by atoms with E-state index in [0.29, 0.717) is 11.8 Å². The third-order valence-electron chi connectivity index (χ3n) is 7.09. The van der Waals surface area contributed by atoms with Crippen molar-refractivity contribution in [3.05, 3.63) is 60.3 Å². The van der Waals surface area contributed by atoms with Crippen molar-refractivity contribution >= 4 is 22.6 Å². The number of ether oxygens (including phenoxy) is 1. The number of fused-ring (bicyclic) bond motifs is 1. The van der Waals surface area contributed by atoms with E-state index < -0.39 is 0 Å². The van der Waals surface area contributed by atoms with Crippen LogP contribution in [0.15, 0.2) is 54.7 Å². The first-order chi connectivity index (χ1) is 15.7. The van der Waals surface area contributed by atoms with Crippen molar-refractivity contribution < 1.29 is 9.53 Å². The number of amides is 2. The van der Waals surface area contributed by atoms with Crippen LogP contribution in [0.2, 0.25) is 0 Å². The summed E-state index contributed by atoms with van der Waals surface area (Å²) in [6.07, 6.45) is 5.28. The smallest absolute Gasteiger partial charge is 0.317 e. The van der Waals surface area contributed by atoms with Crippen molar-refractivity contribution in [2.75, 3.05) is 44.7 Å². The van der Waals surface area contributed by atoms with Gasteiger partial charge in [-0.05, 0) is 54.9 Å². The number of hydrogen-bond acceptors (Lipinski definition) is 3. The number of aromatic amines is 1. The number of anilines is 1. The maximum atomic E-state index is 12.8. The van der Waals surface area contributed by atoms with E-state index in [9.17, 15) is 4.79 Å². The van der Waals surface area contributed by atoms with Crippen LogP contribution in [0.25, 0.3) is 10.9 Å². The number of nitrogens with one attached hydrogen (secondary N) is 2. The van der Waals surface area contributed by atoms with E-state index in [2.05, 4.69) is 57.8 Å². The van der Waals surface area contributed by atoms with Crippen LogP contribution in [0.3, 0.4) is 0 Å². The molecule has 168 valence electrons. The summed E-state index contributed by atoms with van der Waals surface area (Å²) in [4.78, 5) is 20.5. The van der Waals surface area contributed by atoms with E-state index in [1.54, 1.807) is 7.11 Å². The lowest BCUT2D eigenvalue weighted by Gasteiger charge is -2.32. The Morgan fingerprint density at radius 3 is 2.78 bits per heavy atom. The van der Waals surface area contributed by atoms with Crippen molar-refractivity contribution in [1.29, 1.82) is 0 Å². The van der Waals surface area contributed by atoms with Crippen LogP contribution < -0.4 is 15.0 Å². The van der Waals surface area contributed by atoms with Gasteiger partial charge in [0.15, 0.2) is 0 Å². The van der Waals surface area contributed by atoms with E-state index in [4.69, 9.17) is 4.74 Å². The summed E-state index contributed by atoms with van der Waals surface area (Å²) >= 11 is 0. The van der Waals surface area contributed by atoms with Gasteiger partial charge in [-0.15, -0.1) is 0 Å². The van der Waals surface area contributed by atoms with Crippen LogP contribution in [-0.2, 0) is 0 Å². The number of carbonyl (C=O) groups is 1. The van der Waals surface area contributed by atoms with Crippen molar-refractivity contribution in [2.24, 2.45) is 5.92 Å². The Bertz CT molecular complexity index is 1070. The van der Waals surface area contributed by atoms with Crippen molar-refractivity contribution in [3.8, 4) is 5.75 Å². The number of nitrogens with zero attached hydrogens (tertiary/aromatic N) is 2. The molecule has 2 aliphatic rings. The topological polar surface area (TPSA) is 60.6 Å². The number of urea groups is 1. The number of aromatic nitrogens is 1. The zero-order valence-corrected chi connectivity index (χ0v) is 18.7. The summed E-state index contributed by atoms with van der Waals surface area (Å²) in [5, 5.41) is 4.51. The number of piperidine rings is 1. The van der Waals surface area contributed by atoms with Gasteiger partial charge in [-0.1, -0.05) is 24.3 Å². The van der Waals surface area contributed by atoms with Crippen molar-refractivity contribution in [2.45, 2.75) is 25.2 Å².